The Hall–Kier alpha value is -3.96. The van der Waals surface area contributed by atoms with E-state index in [1.165, 1.54) is 22.8 Å². The summed E-state index contributed by atoms with van der Waals surface area (Å²) in [5, 5.41) is 5.75. The largest absolute Gasteiger partial charge is 0.423 e. The summed E-state index contributed by atoms with van der Waals surface area (Å²) < 4.78 is 13.7. The highest BCUT2D eigenvalue weighted by atomic mass is 16.5. The molecule has 0 N–H and O–H groups in total. The van der Waals surface area contributed by atoms with E-state index in [-0.39, 0.29) is 6.23 Å². The fourth-order valence-corrected chi connectivity index (χ4v) is 5.42. The van der Waals surface area contributed by atoms with Gasteiger partial charge in [-0.05, 0) is 72.6 Å². The van der Waals surface area contributed by atoms with Gasteiger partial charge in [0.2, 0.25) is 0 Å². The minimum Gasteiger partial charge on any atom is -0.423 e. The zero-order valence-electron chi connectivity index (χ0n) is 20.2. The van der Waals surface area contributed by atoms with E-state index >= 15 is 0 Å². The molecule has 2 heterocycles. The van der Waals surface area contributed by atoms with Crippen molar-refractivity contribution in [2.45, 2.75) is 38.3 Å². The first-order valence-electron chi connectivity index (χ1n) is 12.5. The van der Waals surface area contributed by atoms with Gasteiger partial charge in [0.25, 0.3) is 0 Å². The lowest BCUT2D eigenvalue weighted by atomic mass is 9.90. The van der Waals surface area contributed by atoms with Crippen molar-refractivity contribution in [1.29, 1.82) is 0 Å². The Balaban J connectivity index is 1.48. The Morgan fingerprint density at radius 2 is 1.81 bits per heavy atom. The quantitative estimate of drug-likeness (QED) is 0.189. The smallest absolute Gasteiger partial charge is 0.335 e. The predicted molar refractivity (Wildman–Crippen MR) is 141 cm³/mol. The maximum Gasteiger partial charge on any atom is 0.335 e. The maximum absolute atomic E-state index is 12.1. The Kier molecular flexibility index (Phi) is 5.99. The van der Waals surface area contributed by atoms with Crippen LogP contribution in [0.4, 0.5) is 0 Å². The number of hydrogen-bond acceptors (Lipinski definition) is 4. The van der Waals surface area contributed by atoms with Gasteiger partial charge < -0.3 is 9.47 Å². The highest BCUT2D eigenvalue weighted by molar-refractivity contribution is 5.92. The van der Waals surface area contributed by atoms with E-state index in [2.05, 4.69) is 54.1 Å². The first-order chi connectivity index (χ1) is 17.7. The van der Waals surface area contributed by atoms with Gasteiger partial charge in [0, 0.05) is 23.6 Å². The normalized spacial score (nSPS) is 17.1. The third-order valence-electron chi connectivity index (χ3n) is 7.13. The highest BCUT2D eigenvalue weighted by Gasteiger charge is 2.24. The fraction of sp³-hybridized carbons (Fsp3) is 0.226. The van der Waals surface area contributed by atoms with Crippen molar-refractivity contribution in [3.8, 4) is 5.75 Å². The molecule has 1 aliphatic heterocycles. The van der Waals surface area contributed by atoms with Crippen molar-refractivity contribution < 1.29 is 14.3 Å². The van der Waals surface area contributed by atoms with Crippen LogP contribution in [0.15, 0.2) is 91.2 Å². The zero-order chi connectivity index (χ0) is 24.5. The van der Waals surface area contributed by atoms with Crippen molar-refractivity contribution in [2.75, 3.05) is 6.61 Å². The summed E-state index contributed by atoms with van der Waals surface area (Å²) in [4.78, 5) is 12.1. The molecule has 1 fully saturated rings. The molecule has 0 amide bonds. The van der Waals surface area contributed by atoms with Gasteiger partial charge >= 0.3 is 5.97 Å². The number of allylic oxidation sites excluding steroid dienone is 1. The summed E-state index contributed by atoms with van der Waals surface area (Å²) in [5.41, 5.74) is 8.14. The lowest BCUT2D eigenvalue weighted by Gasteiger charge is -2.23. The number of para-hydroxylation sites is 1. The van der Waals surface area contributed by atoms with Gasteiger partial charge in [-0.15, -0.1) is 0 Å². The number of carbonyl (C=O) groups excluding carboxylic acids is 1. The third kappa shape index (κ3) is 4.16. The first kappa shape index (κ1) is 22.5. The van der Waals surface area contributed by atoms with Gasteiger partial charge in [0.05, 0.1) is 11.7 Å². The number of hydrogen-bond donors (Lipinski definition) is 0. The van der Waals surface area contributed by atoms with Crippen LogP contribution in [0.3, 0.4) is 0 Å². The van der Waals surface area contributed by atoms with Crippen molar-refractivity contribution in [3.63, 3.8) is 0 Å². The standard InChI is InChI=1S/C31H28N2O3/c1-2-30(34)36-28-12-6-5-11-26(28)31(24-17-21-9-3-4-10-22(21)18-24)23-14-15-27-25(19-23)20-32-33(27)29-13-7-8-16-35-29/h2-6,9-12,14-15,19-20,29H,1,7-8,13,16-18H2. The van der Waals surface area contributed by atoms with E-state index in [4.69, 9.17) is 9.47 Å². The molecule has 5 nitrogen and oxygen atoms in total. The molecule has 180 valence electrons. The van der Waals surface area contributed by atoms with Crippen molar-refractivity contribution >= 4 is 22.4 Å². The molecule has 0 saturated carbocycles. The molecule has 1 unspecified atom stereocenters. The number of carbonyl (C=O) groups is 1. The second kappa shape index (κ2) is 9.59. The average molecular weight is 477 g/mol. The Morgan fingerprint density at radius 3 is 2.56 bits per heavy atom. The van der Waals surface area contributed by atoms with E-state index in [1.54, 1.807) is 0 Å². The summed E-state index contributed by atoms with van der Waals surface area (Å²) in [6.07, 6.45) is 8.08. The fourth-order valence-electron chi connectivity index (χ4n) is 5.42. The monoisotopic (exact) mass is 476 g/mol. The Morgan fingerprint density at radius 1 is 1.03 bits per heavy atom. The number of ether oxygens (including phenoxy) is 2. The molecular weight excluding hydrogens is 448 g/mol. The van der Waals surface area contributed by atoms with E-state index in [0.717, 1.165) is 66.3 Å². The summed E-state index contributed by atoms with van der Waals surface area (Å²) in [6, 6.07) is 22.8. The molecule has 2 aliphatic rings. The molecule has 3 aromatic carbocycles. The molecule has 0 spiro atoms. The summed E-state index contributed by atoms with van der Waals surface area (Å²) in [5.74, 6) is 0.0676. The molecule has 0 radical (unpaired) electrons. The van der Waals surface area contributed by atoms with E-state index in [9.17, 15) is 4.79 Å². The van der Waals surface area contributed by atoms with Crippen molar-refractivity contribution in [2.24, 2.45) is 0 Å². The van der Waals surface area contributed by atoms with Gasteiger partial charge in [-0.25, -0.2) is 9.48 Å². The molecule has 1 aliphatic carbocycles. The number of rotatable bonds is 5. The molecule has 5 heteroatoms. The van der Waals surface area contributed by atoms with Crippen molar-refractivity contribution in [3.05, 3.63) is 113 Å². The number of benzene rings is 3. The van der Waals surface area contributed by atoms with Crippen LogP contribution in [0.1, 0.15) is 47.7 Å². The SMILES string of the molecule is C=CC(=O)Oc1ccccc1C(=C1Cc2ccccc2C1)c1ccc2c(cnn2C2CCCCO2)c1. The van der Waals surface area contributed by atoms with Crippen LogP contribution >= 0.6 is 0 Å². The van der Waals surface area contributed by atoms with Crippen LogP contribution in [0.25, 0.3) is 16.5 Å². The Bertz CT molecular complexity index is 1460. The van der Waals surface area contributed by atoms with Crippen LogP contribution in [-0.4, -0.2) is 22.4 Å². The van der Waals surface area contributed by atoms with Gasteiger partial charge in [0.1, 0.15) is 5.75 Å². The van der Waals surface area contributed by atoms with Gasteiger partial charge in [-0.2, -0.15) is 5.10 Å². The number of fused-ring (bicyclic) bond motifs is 2. The van der Waals surface area contributed by atoms with Crippen LogP contribution < -0.4 is 4.74 Å². The zero-order valence-corrected chi connectivity index (χ0v) is 20.2. The second-order valence-electron chi connectivity index (χ2n) is 9.41. The van der Waals surface area contributed by atoms with E-state index < -0.39 is 5.97 Å². The predicted octanol–water partition coefficient (Wildman–Crippen LogP) is 6.43. The summed E-state index contributed by atoms with van der Waals surface area (Å²) in [6.45, 7) is 4.34. The van der Waals surface area contributed by atoms with Crippen LogP contribution in [0.5, 0.6) is 5.75 Å². The molecule has 4 aromatic rings. The van der Waals surface area contributed by atoms with Gasteiger partial charge in [-0.1, -0.05) is 60.7 Å². The molecule has 1 saturated heterocycles. The topological polar surface area (TPSA) is 53.3 Å². The first-order valence-corrected chi connectivity index (χ1v) is 12.5. The minimum absolute atomic E-state index is 0.0108. The minimum atomic E-state index is -0.467. The molecule has 6 rings (SSSR count). The van der Waals surface area contributed by atoms with Crippen LogP contribution in [0, 0.1) is 0 Å². The van der Waals surface area contributed by atoms with Gasteiger partial charge in [-0.3, -0.25) is 0 Å². The average Bonchev–Trinajstić information content (AvgIpc) is 3.54. The van der Waals surface area contributed by atoms with E-state index in [1.807, 2.05) is 35.1 Å². The molecule has 1 atom stereocenters. The number of esters is 1. The number of nitrogens with zero attached hydrogens (tertiary/aromatic N) is 2. The second-order valence-corrected chi connectivity index (χ2v) is 9.41. The highest BCUT2D eigenvalue weighted by Crippen LogP contribution is 2.40. The molecular formula is C31H28N2O3. The third-order valence-corrected chi connectivity index (χ3v) is 7.13. The summed E-state index contributed by atoms with van der Waals surface area (Å²) >= 11 is 0. The summed E-state index contributed by atoms with van der Waals surface area (Å²) in [7, 11) is 0. The molecule has 36 heavy (non-hydrogen) atoms. The molecule has 0 bridgehead atoms. The number of aromatic nitrogens is 2. The lowest BCUT2D eigenvalue weighted by molar-refractivity contribution is -0.128. The maximum atomic E-state index is 12.1. The lowest BCUT2D eigenvalue weighted by Crippen LogP contribution is -2.18. The van der Waals surface area contributed by atoms with Crippen LogP contribution in [0.2, 0.25) is 0 Å². The van der Waals surface area contributed by atoms with E-state index in [0.29, 0.717) is 5.75 Å². The van der Waals surface area contributed by atoms with Gasteiger partial charge in [0.15, 0.2) is 6.23 Å². The van der Waals surface area contributed by atoms with Crippen LogP contribution in [-0.2, 0) is 22.4 Å². The molecule has 1 aromatic heterocycles. The van der Waals surface area contributed by atoms with Crippen molar-refractivity contribution in [1.82, 2.24) is 9.78 Å². The Labute approximate surface area is 210 Å².